The molecule has 4 amide bonds. The highest BCUT2D eigenvalue weighted by atomic mass is 16.5. The maximum atomic E-state index is 13.2. The van der Waals surface area contributed by atoms with Gasteiger partial charge in [-0.1, -0.05) is 24.8 Å². The van der Waals surface area contributed by atoms with Crippen molar-refractivity contribution in [1.82, 2.24) is 5.32 Å². The molecule has 154 valence electrons. The van der Waals surface area contributed by atoms with Crippen molar-refractivity contribution in [3.63, 3.8) is 0 Å². The number of amides is 4. The van der Waals surface area contributed by atoms with Gasteiger partial charge < -0.3 is 9.47 Å². The second-order valence-corrected chi connectivity index (χ2v) is 6.68. The number of carbonyl (C=O) groups is 3. The summed E-state index contributed by atoms with van der Waals surface area (Å²) in [6.45, 7) is 7.55. The SMILES string of the molecule is C=CCOc1cc(OC)ccc1/C=C1\C(=O)NC(=O)N(c2cccc(C)c2C)C1=O. The highest BCUT2D eigenvalue weighted by molar-refractivity contribution is 6.39. The van der Waals surface area contributed by atoms with Crippen molar-refractivity contribution in [3.8, 4) is 11.5 Å². The van der Waals surface area contributed by atoms with Crippen molar-refractivity contribution in [1.29, 1.82) is 0 Å². The Balaban J connectivity index is 2.07. The van der Waals surface area contributed by atoms with Gasteiger partial charge in [-0.05, 0) is 49.2 Å². The van der Waals surface area contributed by atoms with Gasteiger partial charge in [0.25, 0.3) is 11.8 Å². The van der Waals surface area contributed by atoms with Crippen LogP contribution in [0.4, 0.5) is 10.5 Å². The molecule has 2 aromatic rings. The highest BCUT2D eigenvalue weighted by Gasteiger charge is 2.37. The van der Waals surface area contributed by atoms with E-state index in [0.717, 1.165) is 16.0 Å². The van der Waals surface area contributed by atoms with Crippen LogP contribution in [0.2, 0.25) is 0 Å². The Bertz CT molecular complexity index is 1070. The lowest BCUT2D eigenvalue weighted by molar-refractivity contribution is -0.122. The molecule has 30 heavy (non-hydrogen) atoms. The van der Waals surface area contributed by atoms with Crippen LogP contribution in [-0.2, 0) is 9.59 Å². The van der Waals surface area contributed by atoms with Crippen LogP contribution in [0.25, 0.3) is 6.08 Å². The van der Waals surface area contributed by atoms with Gasteiger partial charge in [-0.3, -0.25) is 14.9 Å². The van der Waals surface area contributed by atoms with E-state index in [0.29, 0.717) is 22.7 Å². The fraction of sp³-hybridized carbons (Fsp3) is 0.174. The number of nitrogens with one attached hydrogen (secondary N) is 1. The van der Waals surface area contributed by atoms with E-state index in [4.69, 9.17) is 9.47 Å². The lowest BCUT2D eigenvalue weighted by atomic mass is 10.0. The van der Waals surface area contributed by atoms with Gasteiger partial charge in [0.1, 0.15) is 23.7 Å². The fourth-order valence-electron chi connectivity index (χ4n) is 3.04. The predicted octanol–water partition coefficient (Wildman–Crippen LogP) is 3.54. The number of carbonyl (C=O) groups excluding carboxylic acids is 3. The average Bonchev–Trinajstić information content (AvgIpc) is 2.72. The first-order chi connectivity index (χ1) is 14.4. The summed E-state index contributed by atoms with van der Waals surface area (Å²) in [6, 6.07) is 9.52. The number of rotatable bonds is 6. The highest BCUT2D eigenvalue weighted by Crippen LogP contribution is 2.30. The first kappa shape index (κ1) is 20.9. The normalized spacial score (nSPS) is 15.2. The monoisotopic (exact) mass is 406 g/mol. The predicted molar refractivity (Wildman–Crippen MR) is 114 cm³/mol. The lowest BCUT2D eigenvalue weighted by Crippen LogP contribution is -2.54. The molecule has 0 saturated carbocycles. The van der Waals surface area contributed by atoms with Crippen molar-refractivity contribution >= 4 is 29.6 Å². The zero-order valence-corrected chi connectivity index (χ0v) is 17.0. The molecule has 1 saturated heterocycles. The van der Waals surface area contributed by atoms with Gasteiger partial charge in [0.15, 0.2) is 0 Å². The summed E-state index contributed by atoms with van der Waals surface area (Å²) in [5.41, 5.74) is 2.43. The molecule has 0 bridgehead atoms. The summed E-state index contributed by atoms with van der Waals surface area (Å²) in [5, 5.41) is 2.24. The summed E-state index contributed by atoms with van der Waals surface area (Å²) < 4.78 is 10.9. The van der Waals surface area contributed by atoms with E-state index in [2.05, 4.69) is 11.9 Å². The Labute approximate surface area is 174 Å². The van der Waals surface area contributed by atoms with Gasteiger partial charge >= 0.3 is 6.03 Å². The Hall–Kier alpha value is -3.87. The summed E-state index contributed by atoms with van der Waals surface area (Å²) >= 11 is 0. The van der Waals surface area contributed by atoms with Gasteiger partial charge in [0.05, 0.1) is 12.8 Å². The van der Waals surface area contributed by atoms with Gasteiger partial charge in [-0.15, -0.1) is 0 Å². The van der Waals surface area contributed by atoms with E-state index in [9.17, 15) is 14.4 Å². The molecule has 0 spiro atoms. The fourth-order valence-corrected chi connectivity index (χ4v) is 3.04. The van der Waals surface area contributed by atoms with Crippen molar-refractivity contribution < 1.29 is 23.9 Å². The molecule has 1 fully saturated rings. The van der Waals surface area contributed by atoms with E-state index in [-0.39, 0.29) is 12.2 Å². The number of methoxy groups -OCH3 is 1. The maximum Gasteiger partial charge on any atom is 0.335 e. The van der Waals surface area contributed by atoms with E-state index in [1.54, 1.807) is 36.4 Å². The molecule has 3 rings (SSSR count). The summed E-state index contributed by atoms with van der Waals surface area (Å²) in [5.74, 6) is -0.500. The van der Waals surface area contributed by atoms with Gasteiger partial charge in [-0.2, -0.15) is 0 Å². The van der Waals surface area contributed by atoms with E-state index in [1.807, 2.05) is 19.9 Å². The van der Waals surface area contributed by atoms with Crippen LogP contribution in [0.15, 0.2) is 54.6 Å². The number of anilines is 1. The van der Waals surface area contributed by atoms with Crippen LogP contribution in [-0.4, -0.2) is 31.6 Å². The zero-order chi connectivity index (χ0) is 21.8. The van der Waals surface area contributed by atoms with Crippen LogP contribution in [0.5, 0.6) is 11.5 Å². The standard InChI is InChI=1S/C23H22N2O5/c1-5-11-30-20-13-17(29-4)10-9-16(20)12-18-21(26)24-23(28)25(22(18)27)19-8-6-7-14(2)15(19)3/h5-10,12-13H,1,11H2,2-4H3,(H,24,26,28)/b18-12+. The third-order valence-electron chi connectivity index (χ3n) is 4.80. The summed E-state index contributed by atoms with van der Waals surface area (Å²) in [6.07, 6.45) is 2.98. The molecule has 1 heterocycles. The molecule has 0 unspecified atom stereocenters. The number of nitrogens with zero attached hydrogens (tertiary/aromatic N) is 1. The molecule has 1 N–H and O–H groups in total. The van der Waals surface area contributed by atoms with E-state index >= 15 is 0 Å². The smallest absolute Gasteiger partial charge is 0.335 e. The van der Waals surface area contributed by atoms with Crippen LogP contribution in [0, 0.1) is 13.8 Å². The lowest BCUT2D eigenvalue weighted by Gasteiger charge is -2.28. The minimum atomic E-state index is -0.784. The van der Waals surface area contributed by atoms with Crippen LogP contribution >= 0.6 is 0 Å². The molecule has 1 aliphatic rings. The van der Waals surface area contributed by atoms with Gasteiger partial charge in [-0.25, -0.2) is 9.69 Å². The maximum absolute atomic E-state index is 13.2. The largest absolute Gasteiger partial charge is 0.497 e. The van der Waals surface area contributed by atoms with Crippen molar-refractivity contribution in [2.75, 3.05) is 18.6 Å². The first-order valence-electron chi connectivity index (χ1n) is 9.26. The first-order valence-corrected chi connectivity index (χ1v) is 9.26. The number of ether oxygens (including phenoxy) is 2. The third-order valence-corrected chi connectivity index (χ3v) is 4.80. The van der Waals surface area contributed by atoms with Gasteiger partial charge in [0, 0.05) is 11.6 Å². The Morgan fingerprint density at radius 1 is 1.13 bits per heavy atom. The quantitative estimate of drug-likeness (QED) is 0.451. The third kappa shape index (κ3) is 3.96. The van der Waals surface area contributed by atoms with Crippen molar-refractivity contribution in [2.24, 2.45) is 0 Å². The molecule has 0 atom stereocenters. The molecule has 7 heteroatoms. The number of aryl methyl sites for hydroxylation is 1. The number of barbiturate groups is 1. The number of benzene rings is 2. The molecule has 1 aliphatic heterocycles. The minimum Gasteiger partial charge on any atom is -0.497 e. The minimum absolute atomic E-state index is 0.177. The second kappa shape index (κ2) is 8.65. The van der Waals surface area contributed by atoms with Crippen LogP contribution < -0.4 is 19.7 Å². The second-order valence-electron chi connectivity index (χ2n) is 6.68. The number of urea groups is 1. The van der Waals surface area contributed by atoms with E-state index in [1.165, 1.54) is 13.2 Å². The molecule has 2 aromatic carbocycles. The molecular weight excluding hydrogens is 384 g/mol. The summed E-state index contributed by atoms with van der Waals surface area (Å²) in [4.78, 5) is 39.1. The summed E-state index contributed by atoms with van der Waals surface area (Å²) in [7, 11) is 1.52. The Morgan fingerprint density at radius 3 is 2.60 bits per heavy atom. The molecule has 0 radical (unpaired) electrons. The molecule has 7 nitrogen and oxygen atoms in total. The Morgan fingerprint density at radius 2 is 1.90 bits per heavy atom. The number of hydrogen-bond donors (Lipinski definition) is 1. The Kier molecular flexibility index (Phi) is 6.01. The molecule has 0 aliphatic carbocycles. The van der Waals surface area contributed by atoms with Gasteiger partial charge in [0.2, 0.25) is 0 Å². The number of hydrogen-bond acceptors (Lipinski definition) is 5. The van der Waals surface area contributed by atoms with E-state index < -0.39 is 17.8 Å². The topological polar surface area (TPSA) is 84.9 Å². The zero-order valence-electron chi connectivity index (χ0n) is 17.0. The van der Waals surface area contributed by atoms with Crippen molar-refractivity contribution in [2.45, 2.75) is 13.8 Å². The molecular formula is C23H22N2O5. The number of imide groups is 2. The molecule has 0 aromatic heterocycles. The van der Waals surface area contributed by atoms with Crippen LogP contribution in [0.3, 0.4) is 0 Å². The average molecular weight is 406 g/mol. The van der Waals surface area contributed by atoms with Crippen molar-refractivity contribution in [3.05, 3.63) is 71.3 Å². The van der Waals surface area contributed by atoms with Crippen LogP contribution in [0.1, 0.15) is 16.7 Å².